The summed E-state index contributed by atoms with van der Waals surface area (Å²) >= 11 is 0. The van der Waals surface area contributed by atoms with Crippen molar-refractivity contribution < 1.29 is 14.3 Å². The zero-order chi connectivity index (χ0) is 19.3. The summed E-state index contributed by atoms with van der Waals surface area (Å²) in [5.74, 6) is 0.332. The zero-order valence-electron chi connectivity index (χ0n) is 16.4. The number of rotatable bonds is 7. The number of carbonyl (C=O) groups excluding carboxylic acids is 2. The molecule has 0 radical (unpaired) electrons. The lowest BCUT2D eigenvalue weighted by molar-refractivity contribution is -0.133. The van der Waals surface area contributed by atoms with Crippen LogP contribution in [0.3, 0.4) is 0 Å². The predicted octanol–water partition coefficient (Wildman–Crippen LogP) is 1.65. The van der Waals surface area contributed by atoms with Crippen LogP contribution >= 0.6 is 0 Å². The first kappa shape index (κ1) is 20.0. The van der Waals surface area contributed by atoms with E-state index in [9.17, 15) is 9.59 Å². The summed E-state index contributed by atoms with van der Waals surface area (Å²) in [7, 11) is 4.00. The molecule has 0 aromatic heterocycles. The van der Waals surface area contributed by atoms with Crippen molar-refractivity contribution in [1.82, 2.24) is 15.5 Å². The number of nitrogens with one attached hydrogen (secondary N) is 2. The van der Waals surface area contributed by atoms with Crippen LogP contribution < -0.4 is 10.6 Å². The highest BCUT2D eigenvalue weighted by Crippen LogP contribution is 2.45. The molecule has 1 saturated carbocycles. The molecule has 1 aromatic rings. The normalized spacial score (nSPS) is 31.0. The number of hydrogen-bond acceptors (Lipinski definition) is 5. The van der Waals surface area contributed by atoms with Crippen molar-refractivity contribution in [2.45, 2.75) is 43.2 Å². The van der Waals surface area contributed by atoms with Gasteiger partial charge in [-0.1, -0.05) is 30.3 Å². The topological polar surface area (TPSA) is 70.7 Å². The standard InChI is InChI=1S/C21H31N3O3/c1-22-20(19(26)23-16-25)9-11-21(12-10-20,18-6-4-3-5-7-18)24(2)14-17-8-13-27-15-17/h3-7,16-17,22H,8-15H2,1-2H3,(H,23,25,26). The number of imide groups is 1. The molecule has 2 N–H and O–H groups in total. The highest BCUT2D eigenvalue weighted by molar-refractivity contribution is 5.93. The van der Waals surface area contributed by atoms with Crippen molar-refractivity contribution >= 4 is 12.3 Å². The molecule has 0 bridgehead atoms. The average molecular weight is 373 g/mol. The van der Waals surface area contributed by atoms with Gasteiger partial charge in [-0.2, -0.15) is 0 Å². The van der Waals surface area contributed by atoms with Gasteiger partial charge in [0.1, 0.15) is 0 Å². The summed E-state index contributed by atoms with van der Waals surface area (Å²) in [5, 5.41) is 5.54. The average Bonchev–Trinajstić information content (AvgIpc) is 3.22. The minimum Gasteiger partial charge on any atom is -0.381 e. The lowest BCUT2D eigenvalue weighted by atomic mass is 9.68. The molecule has 2 aliphatic rings. The Morgan fingerprint density at radius 1 is 1.26 bits per heavy atom. The largest absolute Gasteiger partial charge is 0.381 e. The van der Waals surface area contributed by atoms with E-state index in [0.29, 0.717) is 25.2 Å². The molecule has 2 fully saturated rings. The molecular formula is C21H31N3O3. The van der Waals surface area contributed by atoms with E-state index >= 15 is 0 Å². The molecular weight excluding hydrogens is 342 g/mol. The fourth-order valence-electron chi connectivity index (χ4n) is 4.80. The van der Waals surface area contributed by atoms with Gasteiger partial charge in [0.25, 0.3) is 0 Å². The van der Waals surface area contributed by atoms with Gasteiger partial charge in [-0.3, -0.25) is 19.8 Å². The lowest BCUT2D eigenvalue weighted by Crippen LogP contribution is -2.61. The van der Waals surface area contributed by atoms with Gasteiger partial charge in [0.2, 0.25) is 12.3 Å². The second-order valence-electron chi connectivity index (χ2n) is 7.93. The molecule has 1 aliphatic carbocycles. The van der Waals surface area contributed by atoms with Gasteiger partial charge >= 0.3 is 0 Å². The Labute approximate surface area is 161 Å². The fourth-order valence-corrected chi connectivity index (χ4v) is 4.80. The smallest absolute Gasteiger partial charge is 0.246 e. The minimum atomic E-state index is -0.684. The van der Waals surface area contributed by atoms with E-state index in [1.165, 1.54) is 5.56 Å². The van der Waals surface area contributed by atoms with Crippen molar-refractivity contribution in [1.29, 1.82) is 0 Å². The van der Waals surface area contributed by atoms with Crippen molar-refractivity contribution in [2.24, 2.45) is 5.92 Å². The number of carbonyl (C=O) groups is 2. The zero-order valence-corrected chi connectivity index (χ0v) is 16.4. The third kappa shape index (κ3) is 3.93. The fraction of sp³-hybridized carbons (Fsp3) is 0.619. The number of nitrogens with zero attached hydrogens (tertiary/aromatic N) is 1. The Morgan fingerprint density at radius 3 is 2.52 bits per heavy atom. The van der Waals surface area contributed by atoms with Gasteiger partial charge in [-0.15, -0.1) is 0 Å². The van der Waals surface area contributed by atoms with Crippen LogP contribution in [-0.4, -0.2) is 56.6 Å². The first-order valence-corrected chi connectivity index (χ1v) is 9.84. The molecule has 6 heteroatoms. The number of ether oxygens (including phenoxy) is 1. The molecule has 6 nitrogen and oxygen atoms in total. The molecule has 2 amide bonds. The molecule has 1 heterocycles. The Balaban J connectivity index is 1.84. The van der Waals surface area contributed by atoms with Crippen LogP contribution in [0.5, 0.6) is 0 Å². The van der Waals surface area contributed by atoms with Crippen LogP contribution in [0.25, 0.3) is 0 Å². The number of likely N-dealkylation sites (N-methyl/N-ethyl adjacent to an activating group) is 1. The van der Waals surface area contributed by atoms with Gasteiger partial charge in [0.15, 0.2) is 0 Å². The lowest BCUT2D eigenvalue weighted by Gasteiger charge is -2.50. The highest BCUT2D eigenvalue weighted by atomic mass is 16.5. The highest BCUT2D eigenvalue weighted by Gasteiger charge is 2.48. The maximum atomic E-state index is 12.5. The summed E-state index contributed by atoms with van der Waals surface area (Å²) in [6, 6.07) is 10.6. The quantitative estimate of drug-likeness (QED) is 0.712. The van der Waals surface area contributed by atoms with E-state index in [1.54, 1.807) is 7.05 Å². The van der Waals surface area contributed by atoms with E-state index in [0.717, 1.165) is 39.0 Å². The number of amides is 2. The van der Waals surface area contributed by atoms with Crippen LogP contribution in [-0.2, 0) is 19.9 Å². The van der Waals surface area contributed by atoms with Crippen LogP contribution in [0.15, 0.2) is 30.3 Å². The third-order valence-electron chi connectivity index (χ3n) is 6.63. The summed E-state index contributed by atoms with van der Waals surface area (Å²) in [6.45, 7) is 2.67. The summed E-state index contributed by atoms with van der Waals surface area (Å²) < 4.78 is 5.57. The summed E-state index contributed by atoms with van der Waals surface area (Å²) in [4.78, 5) is 25.8. The molecule has 148 valence electrons. The molecule has 1 aromatic carbocycles. The number of hydrogen-bond donors (Lipinski definition) is 2. The minimum absolute atomic E-state index is 0.105. The van der Waals surface area contributed by atoms with E-state index < -0.39 is 5.54 Å². The van der Waals surface area contributed by atoms with Crippen LogP contribution in [0.1, 0.15) is 37.7 Å². The maximum Gasteiger partial charge on any atom is 0.246 e. The summed E-state index contributed by atoms with van der Waals surface area (Å²) in [6.07, 6.45) is 4.67. The van der Waals surface area contributed by atoms with Crippen molar-refractivity contribution in [3.8, 4) is 0 Å². The second kappa shape index (κ2) is 8.50. The molecule has 1 saturated heterocycles. The maximum absolute atomic E-state index is 12.5. The monoisotopic (exact) mass is 373 g/mol. The van der Waals surface area contributed by atoms with E-state index in [4.69, 9.17) is 4.74 Å². The summed E-state index contributed by atoms with van der Waals surface area (Å²) in [5.41, 5.74) is 0.509. The van der Waals surface area contributed by atoms with E-state index in [1.807, 2.05) is 6.07 Å². The molecule has 3 rings (SSSR count). The van der Waals surface area contributed by atoms with E-state index in [2.05, 4.69) is 46.8 Å². The van der Waals surface area contributed by atoms with Crippen molar-refractivity contribution in [3.05, 3.63) is 35.9 Å². The van der Waals surface area contributed by atoms with Crippen LogP contribution in [0.2, 0.25) is 0 Å². The van der Waals surface area contributed by atoms with E-state index in [-0.39, 0.29) is 11.4 Å². The molecule has 27 heavy (non-hydrogen) atoms. The van der Waals surface area contributed by atoms with Crippen LogP contribution in [0, 0.1) is 5.92 Å². The number of benzene rings is 1. The Hall–Kier alpha value is -1.76. The molecule has 1 unspecified atom stereocenters. The van der Waals surface area contributed by atoms with Crippen molar-refractivity contribution in [3.63, 3.8) is 0 Å². The molecule has 0 spiro atoms. The van der Waals surface area contributed by atoms with Gasteiger partial charge in [0.05, 0.1) is 12.1 Å². The van der Waals surface area contributed by atoms with Gasteiger partial charge in [0, 0.05) is 18.7 Å². The Bertz CT molecular complexity index is 635. The van der Waals surface area contributed by atoms with Gasteiger partial charge < -0.3 is 10.1 Å². The first-order valence-electron chi connectivity index (χ1n) is 9.84. The Morgan fingerprint density at radius 2 is 1.96 bits per heavy atom. The van der Waals surface area contributed by atoms with Crippen molar-refractivity contribution in [2.75, 3.05) is 33.9 Å². The SMILES string of the molecule is CNC1(C(=O)NC=O)CCC(c2ccccc2)(N(C)CC2CCOC2)CC1. The third-order valence-corrected chi connectivity index (χ3v) is 6.63. The molecule has 1 atom stereocenters. The van der Waals surface area contributed by atoms with Crippen LogP contribution in [0.4, 0.5) is 0 Å². The Kier molecular flexibility index (Phi) is 6.29. The van der Waals surface area contributed by atoms with Gasteiger partial charge in [-0.05, 0) is 57.7 Å². The first-order chi connectivity index (χ1) is 13.1. The van der Waals surface area contributed by atoms with Gasteiger partial charge in [-0.25, -0.2) is 0 Å². The second-order valence-corrected chi connectivity index (χ2v) is 7.93. The molecule has 1 aliphatic heterocycles. The predicted molar refractivity (Wildman–Crippen MR) is 104 cm³/mol.